The number of benzene rings is 1. The fourth-order valence-corrected chi connectivity index (χ4v) is 4.06. The molecule has 1 unspecified atom stereocenters. The highest BCUT2D eigenvalue weighted by Crippen LogP contribution is 2.48. The van der Waals surface area contributed by atoms with Crippen LogP contribution >= 0.6 is 0 Å². The quantitative estimate of drug-likeness (QED) is 0.479. The predicted octanol–water partition coefficient (Wildman–Crippen LogP) is 2.99. The molecule has 1 aromatic rings. The third kappa shape index (κ3) is 4.39. The van der Waals surface area contributed by atoms with Gasteiger partial charge in [-0.05, 0) is 44.6 Å². The van der Waals surface area contributed by atoms with Gasteiger partial charge in [0.25, 0.3) is 0 Å². The van der Waals surface area contributed by atoms with E-state index in [1.165, 1.54) is 0 Å². The molecule has 1 aromatic carbocycles. The van der Waals surface area contributed by atoms with Crippen LogP contribution in [0.4, 0.5) is 17.6 Å². The third-order valence-electron chi connectivity index (χ3n) is 5.85. The fraction of sp³-hybridized carbons (Fsp3) is 0.600. The number of Topliss-reactive ketones (excluding diaryl/α,β-unsaturated/α-hetero) is 1. The van der Waals surface area contributed by atoms with E-state index in [0.717, 1.165) is 25.7 Å². The molecule has 5 nitrogen and oxygen atoms in total. The first-order chi connectivity index (χ1) is 13.8. The average molecular weight is 416 g/mol. The van der Waals surface area contributed by atoms with E-state index < -0.39 is 46.9 Å². The largest absolute Gasteiger partial charge is 0.479 e. The van der Waals surface area contributed by atoms with Crippen LogP contribution in [0.25, 0.3) is 0 Å². The van der Waals surface area contributed by atoms with Crippen LogP contribution in [0.5, 0.6) is 5.75 Å². The lowest BCUT2D eigenvalue weighted by molar-refractivity contribution is -0.132. The second-order valence-electron chi connectivity index (χ2n) is 7.78. The van der Waals surface area contributed by atoms with Gasteiger partial charge < -0.3 is 15.8 Å². The molecule has 3 N–H and O–H groups in total. The Morgan fingerprint density at radius 3 is 2.34 bits per heavy atom. The molecule has 0 aromatic heterocycles. The van der Waals surface area contributed by atoms with Gasteiger partial charge in [-0.1, -0.05) is 12.8 Å². The molecule has 2 fully saturated rings. The number of nitrogens with two attached hydrogens (primary N) is 1. The van der Waals surface area contributed by atoms with Crippen LogP contribution in [0.1, 0.15) is 44.9 Å². The lowest BCUT2D eigenvalue weighted by atomic mass is 10.0. The third-order valence-corrected chi connectivity index (χ3v) is 5.85. The smallest absolute Gasteiger partial charge is 0.223 e. The fourth-order valence-electron chi connectivity index (χ4n) is 4.06. The number of rotatable bonds is 9. The van der Waals surface area contributed by atoms with Gasteiger partial charge in [-0.15, -0.1) is 0 Å². The van der Waals surface area contributed by atoms with Crippen molar-refractivity contribution < 1.29 is 31.9 Å². The van der Waals surface area contributed by atoms with Crippen molar-refractivity contribution in [2.45, 2.75) is 50.5 Å². The molecule has 0 bridgehead atoms. The maximum Gasteiger partial charge on any atom is 0.223 e. The zero-order valence-electron chi connectivity index (χ0n) is 15.9. The Labute approximate surface area is 166 Å². The molecule has 160 valence electrons. The van der Waals surface area contributed by atoms with Gasteiger partial charge in [0.15, 0.2) is 23.2 Å². The van der Waals surface area contributed by atoms with Crippen LogP contribution in [-0.4, -0.2) is 30.4 Å². The topological polar surface area (TPSA) is 81.4 Å². The van der Waals surface area contributed by atoms with Crippen molar-refractivity contribution in [2.75, 3.05) is 13.2 Å². The van der Waals surface area contributed by atoms with Crippen LogP contribution in [0.15, 0.2) is 6.07 Å². The zero-order valence-corrected chi connectivity index (χ0v) is 15.9. The Bertz CT molecular complexity index is 772. The highest BCUT2D eigenvalue weighted by molar-refractivity contribution is 5.97. The number of halogens is 4. The first kappa shape index (κ1) is 21.5. The van der Waals surface area contributed by atoms with Crippen molar-refractivity contribution in [1.82, 2.24) is 5.32 Å². The van der Waals surface area contributed by atoms with E-state index in [4.69, 9.17) is 10.5 Å². The summed E-state index contributed by atoms with van der Waals surface area (Å²) >= 11 is 0. The summed E-state index contributed by atoms with van der Waals surface area (Å²) in [6.45, 7) is -0.395. The molecule has 2 saturated carbocycles. The second-order valence-corrected chi connectivity index (χ2v) is 7.78. The van der Waals surface area contributed by atoms with Crippen LogP contribution in [0.3, 0.4) is 0 Å². The van der Waals surface area contributed by atoms with Crippen molar-refractivity contribution in [3.63, 3.8) is 0 Å². The highest BCUT2D eigenvalue weighted by atomic mass is 19.2. The summed E-state index contributed by atoms with van der Waals surface area (Å²) in [7, 11) is 0. The number of hydrogen-bond donors (Lipinski definition) is 2. The number of ether oxygens (including phenoxy) is 1. The van der Waals surface area contributed by atoms with E-state index in [2.05, 4.69) is 5.32 Å². The Kier molecular flexibility index (Phi) is 6.45. The maximum atomic E-state index is 13.8. The predicted molar refractivity (Wildman–Crippen MR) is 96.0 cm³/mol. The SMILES string of the molecule is NCCC[C@@H]1CC1(NC(=O)C1CCCC1)C(=O)COc1c(F)c(F)cc(F)c1F. The van der Waals surface area contributed by atoms with Gasteiger partial charge in [0.1, 0.15) is 12.1 Å². The second kappa shape index (κ2) is 8.69. The first-order valence-corrected chi connectivity index (χ1v) is 9.81. The molecule has 0 radical (unpaired) electrons. The molecule has 1 amide bonds. The van der Waals surface area contributed by atoms with E-state index in [9.17, 15) is 27.2 Å². The number of nitrogens with one attached hydrogen (secondary N) is 1. The van der Waals surface area contributed by atoms with Crippen molar-refractivity contribution in [1.29, 1.82) is 0 Å². The molecule has 0 saturated heterocycles. The molecular weight excluding hydrogens is 392 g/mol. The van der Waals surface area contributed by atoms with Crippen LogP contribution in [0.2, 0.25) is 0 Å². The molecule has 0 spiro atoms. The van der Waals surface area contributed by atoms with E-state index >= 15 is 0 Å². The summed E-state index contributed by atoms with van der Waals surface area (Å²) in [4.78, 5) is 25.4. The minimum Gasteiger partial charge on any atom is -0.479 e. The monoisotopic (exact) mass is 416 g/mol. The van der Waals surface area contributed by atoms with Gasteiger partial charge in [-0.2, -0.15) is 8.78 Å². The summed E-state index contributed by atoms with van der Waals surface area (Å²) in [5, 5.41) is 2.81. The molecule has 29 heavy (non-hydrogen) atoms. The van der Waals surface area contributed by atoms with Gasteiger partial charge in [0.05, 0.1) is 0 Å². The van der Waals surface area contributed by atoms with E-state index in [-0.39, 0.29) is 23.8 Å². The summed E-state index contributed by atoms with van der Waals surface area (Å²) in [5.74, 6) is -9.09. The lowest BCUT2D eigenvalue weighted by Gasteiger charge is -2.21. The van der Waals surface area contributed by atoms with Gasteiger partial charge in [-0.25, -0.2) is 8.78 Å². The van der Waals surface area contributed by atoms with Gasteiger partial charge in [0.2, 0.25) is 17.5 Å². The average Bonchev–Trinajstić information content (AvgIpc) is 3.12. The van der Waals surface area contributed by atoms with Gasteiger partial charge >= 0.3 is 0 Å². The molecular formula is C20H24F4N2O3. The number of carbonyl (C=O) groups is 2. The van der Waals surface area contributed by atoms with Crippen molar-refractivity contribution in [3.05, 3.63) is 29.3 Å². The number of hydrogen-bond acceptors (Lipinski definition) is 4. The van der Waals surface area contributed by atoms with Crippen LogP contribution in [-0.2, 0) is 9.59 Å². The Hall–Kier alpha value is -2.16. The number of ketones is 1. The summed E-state index contributed by atoms with van der Waals surface area (Å²) in [6.07, 6.45) is 5.02. The molecule has 0 heterocycles. The lowest BCUT2D eigenvalue weighted by Crippen LogP contribution is -2.49. The minimum atomic E-state index is -1.71. The normalized spacial score (nSPS) is 23.8. The van der Waals surface area contributed by atoms with Crippen molar-refractivity contribution >= 4 is 11.7 Å². The van der Waals surface area contributed by atoms with E-state index in [1.54, 1.807) is 0 Å². The van der Waals surface area contributed by atoms with Crippen molar-refractivity contribution in [2.24, 2.45) is 17.6 Å². The van der Waals surface area contributed by atoms with Crippen LogP contribution in [0, 0.1) is 35.1 Å². The number of amides is 1. The number of carbonyl (C=O) groups excluding carboxylic acids is 2. The molecule has 0 aliphatic heterocycles. The highest BCUT2D eigenvalue weighted by Gasteiger charge is 2.60. The maximum absolute atomic E-state index is 13.8. The summed E-state index contributed by atoms with van der Waals surface area (Å²) in [6, 6.07) is 0.0619. The molecule has 3 rings (SSSR count). The van der Waals surface area contributed by atoms with Gasteiger partial charge in [0, 0.05) is 12.0 Å². The molecule has 9 heteroatoms. The summed E-state index contributed by atoms with van der Waals surface area (Å²) in [5.41, 5.74) is 4.33. The summed E-state index contributed by atoms with van der Waals surface area (Å²) < 4.78 is 59.0. The minimum absolute atomic E-state index is 0.0619. The van der Waals surface area contributed by atoms with Gasteiger partial charge in [-0.3, -0.25) is 9.59 Å². The Morgan fingerprint density at radius 1 is 1.14 bits per heavy atom. The van der Waals surface area contributed by atoms with Crippen molar-refractivity contribution in [3.8, 4) is 5.75 Å². The van der Waals surface area contributed by atoms with E-state index in [1.807, 2.05) is 0 Å². The molecule has 2 aliphatic rings. The van der Waals surface area contributed by atoms with E-state index in [0.29, 0.717) is 25.8 Å². The standard InChI is InChI=1S/C20H24F4N2O3/c21-13-8-14(22)17(24)18(16(13)23)29-10-15(27)20(9-12(20)6-3-7-25)26-19(28)11-4-1-2-5-11/h8,11-12H,1-7,9-10,25H2,(H,26,28)/t12-,20?/m1/s1. The molecule has 2 aliphatic carbocycles. The zero-order chi connectivity index (χ0) is 21.2. The Morgan fingerprint density at radius 2 is 1.76 bits per heavy atom. The van der Waals surface area contributed by atoms with Crippen LogP contribution < -0.4 is 15.8 Å². The first-order valence-electron chi connectivity index (χ1n) is 9.81. The molecule has 2 atom stereocenters. The Balaban J connectivity index is 1.72.